The van der Waals surface area contributed by atoms with Crippen LogP contribution in [0.4, 0.5) is 5.69 Å². The van der Waals surface area contributed by atoms with Crippen LogP contribution in [0.3, 0.4) is 0 Å². The van der Waals surface area contributed by atoms with Crippen LogP contribution in [0.1, 0.15) is 38.3 Å². The van der Waals surface area contributed by atoms with E-state index in [0.29, 0.717) is 12.0 Å². The van der Waals surface area contributed by atoms with Crippen molar-refractivity contribution in [1.82, 2.24) is 5.32 Å². The van der Waals surface area contributed by atoms with Crippen LogP contribution in [0.5, 0.6) is 0 Å². The van der Waals surface area contributed by atoms with Crippen LogP contribution in [0.25, 0.3) is 0 Å². The molecule has 1 aliphatic heterocycles. The van der Waals surface area contributed by atoms with Gasteiger partial charge in [-0.3, -0.25) is 0 Å². The van der Waals surface area contributed by atoms with Gasteiger partial charge in [0.15, 0.2) is 0 Å². The van der Waals surface area contributed by atoms with Crippen molar-refractivity contribution < 1.29 is 4.74 Å². The zero-order valence-electron chi connectivity index (χ0n) is 14.0. The molecule has 1 unspecified atom stereocenters. The smallest absolute Gasteiger partial charge is 0.0670 e. The zero-order chi connectivity index (χ0) is 15.2. The van der Waals surface area contributed by atoms with Gasteiger partial charge < -0.3 is 15.0 Å². The first-order valence-electron chi connectivity index (χ1n) is 8.26. The maximum Gasteiger partial charge on any atom is 0.0670 e. The first kappa shape index (κ1) is 16.3. The Kier molecular flexibility index (Phi) is 6.07. The lowest BCUT2D eigenvalue weighted by molar-refractivity contribution is 0.0930. The number of aryl methyl sites for hydroxylation is 1. The van der Waals surface area contributed by atoms with E-state index in [1.807, 2.05) is 0 Å². The maximum atomic E-state index is 5.60. The summed E-state index contributed by atoms with van der Waals surface area (Å²) in [6, 6.07) is 7.40. The van der Waals surface area contributed by atoms with Gasteiger partial charge in [-0.05, 0) is 49.1 Å². The van der Waals surface area contributed by atoms with Gasteiger partial charge >= 0.3 is 0 Å². The molecule has 1 saturated heterocycles. The molecule has 0 bridgehead atoms. The molecule has 1 aliphatic rings. The molecule has 0 radical (unpaired) electrons. The van der Waals surface area contributed by atoms with Crippen molar-refractivity contribution in [3.8, 4) is 0 Å². The minimum absolute atomic E-state index is 0.517. The van der Waals surface area contributed by atoms with Gasteiger partial charge in [-0.1, -0.05) is 26.8 Å². The van der Waals surface area contributed by atoms with Crippen LogP contribution >= 0.6 is 0 Å². The highest BCUT2D eigenvalue weighted by atomic mass is 16.5. The van der Waals surface area contributed by atoms with Crippen LogP contribution in [0.15, 0.2) is 18.2 Å². The second-order valence-corrected chi connectivity index (χ2v) is 6.47. The number of benzene rings is 1. The summed E-state index contributed by atoms with van der Waals surface area (Å²) in [6.07, 6.45) is 1.14. The molecule has 0 spiro atoms. The predicted octanol–water partition coefficient (Wildman–Crippen LogP) is 3.36. The quantitative estimate of drug-likeness (QED) is 0.869. The molecule has 21 heavy (non-hydrogen) atoms. The molecule has 1 aromatic rings. The Balaban J connectivity index is 2.03. The minimum atomic E-state index is 0.517. The zero-order valence-corrected chi connectivity index (χ0v) is 14.0. The summed E-state index contributed by atoms with van der Waals surface area (Å²) in [5, 5.41) is 3.53. The fraction of sp³-hybridized carbons (Fsp3) is 0.667. The number of ether oxygens (including phenoxy) is 1. The number of nitrogens with one attached hydrogen (secondary N) is 1. The summed E-state index contributed by atoms with van der Waals surface area (Å²) < 4.78 is 5.60. The van der Waals surface area contributed by atoms with E-state index in [9.17, 15) is 0 Å². The standard InChI is InChI=1S/C18H30N2O/c1-5-17-13-21-9-8-20(17)18-7-6-16(15(4)10-18)12-19-11-14(2)3/h6-7,10,14,17,19H,5,8-9,11-13H2,1-4H3. The van der Waals surface area contributed by atoms with Gasteiger partial charge in [0.1, 0.15) is 0 Å². The van der Waals surface area contributed by atoms with Crippen LogP contribution in [0, 0.1) is 12.8 Å². The molecular weight excluding hydrogens is 260 g/mol. The van der Waals surface area contributed by atoms with Crippen LogP contribution in [-0.2, 0) is 11.3 Å². The highest BCUT2D eigenvalue weighted by molar-refractivity contribution is 5.52. The van der Waals surface area contributed by atoms with E-state index in [-0.39, 0.29) is 0 Å². The van der Waals surface area contributed by atoms with Gasteiger partial charge in [0.2, 0.25) is 0 Å². The molecule has 1 atom stereocenters. The fourth-order valence-electron chi connectivity index (χ4n) is 2.89. The summed E-state index contributed by atoms with van der Waals surface area (Å²) >= 11 is 0. The highest BCUT2D eigenvalue weighted by Gasteiger charge is 2.21. The molecule has 3 nitrogen and oxygen atoms in total. The lowest BCUT2D eigenvalue weighted by Crippen LogP contribution is -2.45. The average Bonchev–Trinajstić information content (AvgIpc) is 2.48. The Bertz CT molecular complexity index is 445. The summed E-state index contributed by atoms with van der Waals surface area (Å²) in [5.74, 6) is 0.697. The Morgan fingerprint density at radius 3 is 2.86 bits per heavy atom. The minimum Gasteiger partial charge on any atom is -0.377 e. The van der Waals surface area contributed by atoms with Crippen molar-refractivity contribution in [3.05, 3.63) is 29.3 Å². The molecule has 3 heteroatoms. The molecule has 1 fully saturated rings. The van der Waals surface area contributed by atoms with Crippen molar-refractivity contribution in [2.75, 3.05) is 31.2 Å². The van der Waals surface area contributed by atoms with Gasteiger partial charge in [0.25, 0.3) is 0 Å². The van der Waals surface area contributed by atoms with Crippen LogP contribution < -0.4 is 10.2 Å². The topological polar surface area (TPSA) is 24.5 Å². The van der Waals surface area contributed by atoms with E-state index >= 15 is 0 Å². The number of morpholine rings is 1. The Labute approximate surface area is 129 Å². The lowest BCUT2D eigenvalue weighted by atomic mass is 10.0. The van der Waals surface area contributed by atoms with Crippen molar-refractivity contribution in [2.45, 2.75) is 46.7 Å². The highest BCUT2D eigenvalue weighted by Crippen LogP contribution is 2.24. The van der Waals surface area contributed by atoms with Gasteiger partial charge in [0.05, 0.1) is 19.3 Å². The van der Waals surface area contributed by atoms with E-state index in [2.05, 4.69) is 56.1 Å². The van der Waals surface area contributed by atoms with Gasteiger partial charge in [-0.25, -0.2) is 0 Å². The normalized spacial score (nSPS) is 19.3. The third-order valence-electron chi connectivity index (χ3n) is 4.22. The number of anilines is 1. The molecule has 0 aromatic heterocycles. The van der Waals surface area contributed by atoms with E-state index in [1.165, 1.54) is 16.8 Å². The Morgan fingerprint density at radius 1 is 1.38 bits per heavy atom. The van der Waals surface area contributed by atoms with Crippen LogP contribution in [-0.4, -0.2) is 32.3 Å². The molecule has 0 amide bonds. The third kappa shape index (κ3) is 4.45. The first-order chi connectivity index (χ1) is 10.1. The second kappa shape index (κ2) is 7.81. The van der Waals surface area contributed by atoms with E-state index in [1.54, 1.807) is 0 Å². The fourth-order valence-corrected chi connectivity index (χ4v) is 2.89. The maximum absolute atomic E-state index is 5.60. The molecular formula is C18H30N2O. The molecule has 118 valence electrons. The largest absolute Gasteiger partial charge is 0.377 e. The van der Waals surface area contributed by atoms with Gasteiger partial charge in [-0.15, -0.1) is 0 Å². The van der Waals surface area contributed by atoms with Crippen molar-refractivity contribution in [1.29, 1.82) is 0 Å². The molecule has 1 heterocycles. The van der Waals surface area contributed by atoms with Gasteiger partial charge in [-0.2, -0.15) is 0 Å². The molecule has 0 saturated carbocycles. The number of hydrogen-bond donors (Lipinski definition) is 1. The van der Waals surface area contributed by atoms with Crippen molar-refractivity contribution in [2.24, 2.45) is 5.92 Å². The van der Waals surface area contributed by atoms with E-state index < -0.39 is 0 Å². The lowest BCUT2D eigenvalue weighted by Gasteiger charge is -2.37. The van der Waals surface area contributed by atoms with E-state index in [4.69, 9.17) is 4.74 Å². The summed E-state index contributed by atoms with van der Waals surface area (Å²) in [6.45, 7) is 13.7. The van der Waals surface area contributed by atoms with Crippen molar-refractivity contribution >= 4 is 5.69 Å². The SMILES string of the molecule is CCC1COCCN1c1ccc(CNCC(C)C)c(C)c1. The number of rotatable bonds is 6. The van der Waals surface area contributed by atoms with E-state index in [0.717, 1.165) is 39.3 Å². The second-order valence-electron chi connectivity index (χ2n) is 6.47. The Morgan fingerprint density at radius 2 is 2.19 bits per heavy atom. The third-order valence-corrected chi connectivity index (χ3v) is 4.22. The van der Waals surface area contributed by atoms with Gasteiger partial charge in [0, 0.05) is 18.8 Å². The molecule has 1 aromatic carbocycles. The summed E-state index contributed by atoms with van der Waals surface area (Å²) in [4.78, 5) is 2.50. The van der Waals surface area contributed by atoms with Crippen molar-refractivity contribution in [3.63, 3.8) is 0 Å². The predicted molar refractivity (Wildman–Crippen MR) is 90.0 cm³/mol. The number of hydrogen-bond acceptors (Lipinski definition) is 3. The first-order valence-corrected chi connectivity index (χ1v) is 8.26. The molecule has 2 rings (SSSR count). The summed E-state index contributed by atoms with van der Waals surface area (Å²) in [7, 11) is 0. The Hall–Kier alpha value is -1.06. The molecule has 0 aliphatic carbocycles. The summed E-state index contributed by atoms with van der Waals surface area (Å²) in [5.41, 5.74) is 4.13. The molecule has 1 N–H and O–H groups in total. The monoisotopic (exact) mass is 290 g/mol. The number of nitrogens with zero attached hydrogens (tertiary/aromatic N) is 1. The van der Waals surface area contributed by atoms with Crippen LogP contribution in [0.2, 0.25) is 0 Å². The average molecular weight is 290 g/mol.